The number of rotatable bonds is 2. The van der Waals surface area contributed by atoms with Crippen LogP contribution in [0.1, 0.15) is 5.56 Å². The fourth-order valence-electron chi connectivity index (χ4n) is 0.709. The highest BCUT2D eigenvalue weighted by Crippen LogP contribution is 2.04. The lowest BCUT2D eigenvalue weighted by molar-refractivity contribution is 0.185. The number of H-pyrrole nitrogens is 1. The minimum Gasteiger partial charge on any atom is -0.385 e. The molecule has 1 aromatic heterocycles. The number of hydrogen-bond acceptors (Lipinski definition) is 2. The molecular weight excluding hydrogens is 116 g/mol. The van der Waals surface area contributed by atoms with Gasteiger partial charge in [-0.3, -0.25) is 0 Å². The maximum atomic E-state index is 5.40. The van der Waals surface area contributed by atoms with Gasteiger partial charge in [0.15, 0.2) is 0 Å². The number of nitrogen functional groups attached to an aromatic ring is 1. The van der Waals surface area contributed by atoms with Crippen molar-refractivity contribution in [3.05, 3.63) is 17.8 Å². The predicted molar refractivity (Wildman–Crippen MR) is 35.9 cm³/mol. The van der Waals surface area contributed by atoms with Crippen LogP contribution in [-0.4, -0.2) is 12.1 Å². The van der Waals surface area contributed by atoms with Crippen LogP contribution in [0.3, 0.4) is 0 Å². The molecule has 0 saturated heterocycles. The zero-order chi connectivity index (χ0) is 6.69. The zero-order valence-corrected chi connectivity index (χ0v) is 5.35. The van der Waals surface area contributed by atoms with Gasteiger partial charge in [-0.2, -0.15) is 0 Å². The van der Waals surface area contributed by atoms with E-state index in [4.69, 9.17) is 10.5 Å². The van der Waals surface area contributed by atoms with E-state index in [1.54, 1.807) is 7.11 Å². The highest BCUT2D eigenvalue weighted by Gasteiger charge is 1.91. The number of anilines is 1. The van der Waals surface area contributed by atoms with Crippen LogP contribution in [0.15, 0.2) is 12.3 Å². The van der Waals surface area contributed by atoms with Gasteiger partial charge in [0.1, 0.15) is 5.82 Å². The molecule has 1 heterocycles. The molecule has 0 spiro atoms. The number of nitrogens with two attached hydrogens (primary N) is 1. The number of hydrogen-bond donors (Lipinski definition) is 2. The van der Waals surface area contributed by atoms with E-state index in [0.717, 1.165) is 5.56 Å². The van der Waals surface area contributed by atoms with Gasteiger partial charge >= 0.3 is 0 Å². The second kappa shape index (κ2) is 2.55. The molecule has 1 aromatic rings. The summed E-state index contributed by atoms with van der Waals surface area (Å²) in [6.07, 6.45) is 1.83. The van der Waals surface area contributed by atoms with E-state index < -0.39 is 0 Å². The lowest BCUT2D eigenvalue weighted by Gasteiger charge is -1.89. The summed E-state index contributed by atoms with van der Waals surface area (Å²) in [5, 5.41) is 0. The zero-order valence-electron chi connectivity index (χ0n) is 5.35. The first kappa shape index (κ1) is 6.16. The average molecular weight is 126 g/mol. The van der Waals surface area contributed by atoms with E-state index in [9.17, 15) is 0 Å². The van der Waals surface area contributed by atoms with Gasteiger partial charge in [0.05, 0.1) is 6.61 Å². The van der Waals surface area contributed by atoms with E-state index in [2.05, 4.69) is 4.98 Å². The van der Waals surface area contributed by atoms with Crippen LogP contribution in [0, 0.1) is 0 Å². The van der Waals surface area contributed by atoms with E-state index >= 15 is 0 Å². The summed E-state index contributed by atoms with van der Waals surface area (Å²) in [6, 6.07) is 1.85. The van der Waals surface area contributed by atoms with Crippen LogP contribution < -0.4 is 5.73 Å². The van der Waals surface area contributed by atoms with Crippen LogP contribution in [0.4, 0.5) is 5.82 Å². The fraction of sp³-hybridized carbons (Fsp3) is 0.333. The summed E-state index contributed by atoms with van der Waals surface area (Å²) in [5.41, 5.74) is 6.48. The Labute approximate surface area is 53.8 Å². The van der Waals surface area contributed by atoms with Gasteiger partial charge in [-0.15, -0.1) is 0 Å². The van der Waals surface area contributed by atoms with Crippen LogP contribution in [0.2, 0.25) is 0 Å². The van der Waals surface area contributed by atoms with Crippen molar-refractivity contribution in [1.29, 1.82) is 0 Å². The molecule has 9 heavy (non-hydrogen) atoms. The monoisotopic (exact) mass is 126 g/mol. The van der Waals surface area contributed by atoms with Gasteiger partial charge in [0, 0.05) is 13.3 Å². The van der Waals surface area contributed by atoms with Crippen molar-refractivity contribution >= 4 is 5.82 Å². The predicted octanol–water partition coefficient (Wildman–Crippen LogP) is 0.743. The van der Waals surface area contributed by atoms with Gasteiger partial charge < -0.3 is 15.5 Å². The molecule has 0 saturated carbocycles. The van der Waals surface area contributed by atoms with Gasteiger partial charge in [-0.1, -0.05) is 0 Å². The third-order valence-corrected chi connectivity index (χ3v) is 1.08. The molecule has 0 aliphatic heterocycles. The number of aromatic amines is 1. The normalized spacial score (nSPS) is 9.89. The molecule has 0 bridgehead atoms. The molecule has 0 atom stereocenters. The molecule has 0 aliphatic carbocycles. The Morgan fingerprint density at radius 1 is 1.78 bits per heavy atom. The molecule has 3 heteroatoms. The van der Waals surface area contributed by atoms with E-state index in [1.165, 1.54) is 0 Å². The van der Waals surface area contributed by atoms with Gasteiger partial charge in [0.25, 0.3) is 0 Å². The molecule has 0 fully saturated rings. The Hall–Kier alpha value is -0.960. The SMILES string of the molecule is COCc1c[nH]c(N)c1. The Morgan fingerprint density at radius 3 is 3.00 bits per heavy atom. The highest BCUT2D eigenvalue weighted by atomic mass is 16.5. The third-order valence-electron chi connectivity index (χ3n) is 1.08. The fourth-order valence-corrected chi connectivity index (χ4v) is 0.709. The lowest BCUT2D eigenvalue weighted by Crippen LogP contribution is -1.82. The molecular formula is C6H10N2O. The minimum absolute atomic E-state index is 0.619. The second-order valence-corrected chi connectivity index (χ2v) is 1.90. The summed E-state index contributed by atoms with van der Waals surface area (Å²) >= 11 is 0. The van der Waals surface area contributed by atoms with Crippen molar-refractivity contribution < 1.29 is 4.74 Å². The van der Waals surface area contributed by atoms with E-state index in [0.29, 0.717) is 12.4 Å². The maximum Gasteiger partial charge on any atom is 0.100 e. The van der Waals surface area contributed by atoms with Crippen LogP contribution in [0.5, 0.6) is 0 Å². The molecule has 50 valence electrons. The Balaban J connectivity index is 2.61. The topological polar surface area (TPSA) is 51.0 Å². The molecule has 3 nitrogen and oxygen atoms in total. The minimum atomic E-state index is 0.619. The first-order valence-corrected chi connectivity index (χ1v) is 2.74. The van der Waals surface area contributed by atoms with Crippen LogP contribution in [-0.2, 0) is 11.3 Å². The van der Waals surface area contributed by atoms with Crippen molar-refractivity contribution in [2.45, 2.75) is 6.61 Å². The summed E-state index contributed by atoms with van der Waals surface area (Å²) in [6.45, 7) is 0.619. The van der Waals surface area contributed by atoms with Gasteiger partial charge in [-0.25, -0.2) is 0 Å². The number of ether oxygens (including phenoxy) is 1. The smallest absolute Gasteiger partial charge is 0.100 e. The molecule has 0 radical (unpaired) electrons. The van der Waals surface area contributed by atoms with E-state index in [1.807, 2.05) is 12.3 Å². The summed E-state index contributed by atoms with van der Waals surface area (Å²) < 4.78 is 4.87. The second-order valence-electron chi connectivity index (χ2n) is 1.90. The average Bonchev–Trinajstić information content (AvgIpc) is 2.17. The largest absolute Gasteiger partial charge is 0.385 e. The lowest BCUT2D eigenvalue weighted by atomic mass is 10.4. The van der Waals surface area contributed by atoms with Crippen molar-refractivity contribution in [2.75, 3.05) is 12.8 Å². The number of methoxy groups -OCH3 is 1. The summed E-state index contributed by atoms with van der Waals surface area (Å²) in [4.78, 5) is 2.85. The van der Waals surface area contributed by atoms with Gasteiger partial charge in [-0.05, 0) is 11.6 Å². The number of aromatic nitrogens is 1. The van der Waals surface area contributed by atoms with E-state index in [-0.39, 0.29) is 0 Å². The van der Waals surface area contributed by atoms with Crippen LogP contribution >= 0.6 is 0 Å². The standard InChI is InChI=1S/C6H10N2O/c1-9-4-5-2-6(7)8-3-5/h2-3,8H,4,7H2,1H3. The molecule has 0 aliphatic rings. The highest BCUT2D eigenvalue weighted by molar-refractivity contribution is 5.32. The molecule has 1 rings (SSSR count). The maximum absolute atomic E-state index is 5.40. The van der Waals surface area contributed by atoms with Crippen LogP contribution in [0.25, 0.3) is 0 Å². The Bertz CT molecular complexity index is 183. The molecule has 0 unspecified atom stereocenters. The molecule has 0 amide bonds. The number of nitrogens with one attached hydrogen (secondary N) is 1. The first-order chi connectivity index (χ1) is 4.33. The molecule has 0 aromatic carbocycles. The molecule has 3 N–H and O–H groups in total. The van der Waals surface area contributed by atoms with Crippen molar-refractivity contribution in [1.82, 2.24) is 4.98 Å². The summed E-state index contributed by atoms with van der Waals surface area (Å²) in [5.74, 6) is 0.682. The third kappa shape index (κ3) is 1.47. The van der Waals surface area contributed by atoms with Gasteiger partial charge in [0.2, 0.25) is 0 Å². The quantitative estimate of drug-likeness (QED) is 0.614. The summed E-state index contributed by atoms with van der Waals surface area (Å²) in [7, 11) is 1.66. The Morgan fingerprint density at radius 2 is 2.56 bits per heavy atom. The van der Waals surface area contributed by atoms with Crippen molar-refractivity contribution in [3.8, 4) is 0 Å². The van der Waals surface area contributed by atoms with Crippen molar-refractivity contribution in [2.24, 2.45) is 0 Å². The Kier molecular flexibility index (Phi) is 1.75. The van der Waals surface area contributed by atoms with Crippen molar-refractivity contribution in [3.63, 3.8) is 0 Å². The first-order valence-electron chi connectivity index (χ1n) is 2.74.